The summed E-state index contributed by atoms with van der Waals surface area (Å²) in [4.78, 5) is 0. The molecule has 0 radical (unpaired) electrons. The van der Waals surface area contributed by atoms with Gasteiger partial charge in [-0.15, -0.1) is 10.2 Å². The Bertz CT molecular complexity index is 781. The number of aryl methyl sites for hydroxylation is 2. The zero-order valence-corrected chi connectivity index (χ0v) is 13.3. The van der Waals surface area contributed by atoms with E-state index in [4.69, 9.17) is 0 Å². The molecule has 0 aliphatic rings. The molecule has 3 aromatic rings. The summed E-state index contributed by atoms with van der Waals surface area (Å²) in [7, 11) is 0. The molecule has 5 heteroatoms. The molecule has 0 aliphatic carbocycles. The third-order valence-corrected chi connectivity index (χ3v) is 4.34. The van der Waals surface area contributed by atoms with Gasteiger partial charge >= 0.3 is 0 Å². The molecule has 0 spiro atoms. The molecular weight excluding hydrogens is 297 g/mol. The average molecular weight is 313 g/mol. The van der Waals surface area contributed by atoms with Gasteiger partial charge in [0.25, 0.3) is 0 Å². The van der Waals surface area contributed by atoms with Crippen molar-refractivity contribution in [1.82, 2.24) is 14.8 Å². The van der Waals surface area contributed by atoms with Gasteiger partial charge in [-0.05, 0) is 43.7 Å². The van der Waals surface area contributed by atoms with Gasteiger partial charge in [-0.1, -0.05) is 41.6 Å². The molecule has 0 N–H and O–H groups in total. The molecular formula is C17H16FN3S. The predicted octanol–water partition coefficient (Wildman–Crippen LogP) is 4.32. The van der Waals surface area contributed by atoms with Crippen LogP contribution in [0.2, 0.25) is 0 Å². The van der Waals surface area contributed by atoms with Crippen LogP contribution in [0.3, 0.4) is 0 Å². The number of nitrogens with zero attached hydrogens (tertiary/aromatic N) is 3. The van der Waals surface area contributed by atoms with E-state index in [1.54, 1.807) is 23.9 Å². The summed E-state index contributed by atoms with van der Waals surface area (Å²) >= 11 is 1.55. The minimum absolute atomic E-state index is 0.214. The lowest BCUT2D eigenvalue weighted by Crippen LogP contribution is -1.99. The summed E-state index contributed by atoms with van der Waals surface area (Å²) < 4.78 is 15.3. The topological polar surface area (TPSA) is 30.7 Å². The Morgan fingerprint density at radius 3 is 2.55 bits per heavy atom. The Hall–Kier alpha value is -2.14. The van der Waals surface area contributed by atoms with Gasteiger partial charge in [-0.3, -0.25) is 4.57 Å². The second-order valence-electron chi connectivity index (χ2n) is 5.12. The fourth-order valence-corrected chi connectivity index (χ4v) is 3.14. The molecule has 0 aliphatic heterocycles. The van der Waals surface area contributed by atoms with Crippen molar-refractivity contribution in [2.75, 3.05) is 0 Å². The van der Waals surface area contributed by atoms with E-state index in [-0.39, 0.29) is 5.82 Å². The third kappa shape index (κ3) is 3.20. The van der Waals surface area contributed by atoms with Gasteiger partial charge in [0, 0.05) is 11.4 Å². The molecule has 112 valence electrons. The first kappa shape index (κ1) is 14.8. The number of rotatable bonds is 4. The second kappa shape index (κ2) is 6.32. The van der Waals surface area contributed by atoms with Crippen LogP contribution < -0.4 is 0 Å². The van der Waals surface area contributed by atoms with E-state index in [1.807, 2.05) is 17.6 Å². The molecule has 0 bridgehead atoms. The molecule has 0 saturated heterocycles. The van der Waals surface area contributed by atoms with Crippen LogP contribution in [-0.4, -0.2) is 14.8 Å². The number of thioether (sulfide) groups is 1. The number of hydrogen-bond acceptors (Lipinski definition) is 3. The molecule has 0 fully saturated rings. The summed E-state index contributed by atoms with van der Waals surface area (Å²) in [6, 6.07) is 14.9. The SMILES string of the molecule is Cc1ccc(-n2c(C)nnc2SCc2cccc(F)c2)cc1. The molecule has 22 heavy (non-hydrogen) atoms. The van der Waals surface area contributed by atoms with Crippen molar-refractivity contribution >= 4 is 11.8 Å². The van der Waals surface area contributed by atoms with Gasteiger partial charge in [0.05, 0.1) is 0 Å². The minimum atomic E-state index is -0.214. The Labute approximate surface area is 133 Å². The van der Waals surface area contributed by atoms with E-state index < -0.39 is 0 Å². The Kier molecular flexibility index (Phi) is 4.24. The first-order chi connectivity index (χ1) is 10.6. The van der Waals surface area contributed by atoms with Crippen LogP contribution in [0.25, 0.3) is 5.69 Å². The molecule has 3 rings (SSSR count). The number of benzene rings is 2. The fraction of sp³-hybridized carbons (Fsp3) is 0.176. The van der Waals surface area contributed by atoms with Crippen molar-refractivity contribution < 1.29 is 4.39 Å². The molecule has 3 nitrogen and oxygen atoms in total. The summed E-state index contributed by atoms with van der Waals surface area (Å²) in [5, 5.41) is 9.21. The largest absolute Gasteiger partial charge is 0.274 e. The van der Waals surface area contributed by atoms with Gasteiger partial charge in [-0.25, -0.2) is 4.39 Å². The van der Waals surface area contributed by atoms with Crippen LogP contribution in [-0.2, 0) is 5.75 Å². The Morgan fingerprint density at radius 1 is 1.05 bits per heavy atom. The van der Waals surface area contributed by atoms with Crippen molar-refractivity contribution in [3.05, 3.63) is 71.3 Å². The maximum atomic E-state index is 13.2. The standard InChI is InChI=1S/C17H16FN3S/c1-12-6-8-16(9-7-12)21-13(2)19-20-17(21)22-11-14-4-3-5-15(18)10-14/h3-10H,11H2,1-2H3. The smallest absolute Gasteiger partial charge is 0.196 e. The van der Waals surface area contributed by atoms with Crippen molar-refractivity contribution in [2.45, 2.75) is 24.8 Å². The first-order valence-corrected chi connectivity index (χ1v) is 7.98. The van der Waals surface area contributed by atoms with Gasteiger partial charge in [-0.2, -0.15) is 0 Å². The average Bonchev–Trinajstić information content (AvgIpc) is 2.87. The van der Waals surface area contributed by atoms with Crippen LogP contribution in [0.1, 0.15) is 17.0 Å². The maximum absolute atomic E-state index is 13.2. The summed E-state index contributed by atoms with van der Waals surface area (Å²) in [5.41, 5.74) is 3.18. The molecule has 1 heterocycles. The van der Waals surface area contributed by atoms with Gasteiger partial charge in [0.15, 0.2) is 5.16 Å². The van der Waals surface area contributed by atoms with Crippen molar-refractivity contribution in [2.24, 2.45) is 0 Å². The van der Waals surface area contributed by atoms with Crippen LogP contribution in [0.5, 0.6) is 0 Å². The van der Waals surface area contributed by atoms with Crippen molar-refractivity contribution in [3.63, 3.8) is 0 Å². The molecule has 1 aromatic heterocycles. The molecule has 2 aromatic carbocycles. The summed E-state index contributed by atoms with van der Waals surface area (Å²) in [6.45, 7) is 3.99. The van der Waals surface area contributed by atoms with Gasteiger partial charge in [0.2, 0.25) is 0 Å². The Morgan fingerprint density at radius 2 is 1.82 bits per heavy atom. The lowest BCUT2D eigenvalue weighted by atomic mass is 10.2. The van der Waals surface area contributed by atoms with E-state index in [0.717, 1.165) is 22.2 Å². The van der Waals surface area contributed by atoms with Gasteiger partial charge in [0.1, 0.15) is 11.6 Å². The highest BCUT2D eigenvalue weighted by atomic mass is 32.2. The van der Waals surface area contributed by atoms with E-state index in [2.05, 4.69) is 41.4 Å². The number of halogens is 1. The summed E-state index contributed by atoms with van der Waals surface area (Å²) in [6.07, 6.45) is 0. The monoisotopic (exact) mass is 313 g/mol. The lowest BCUT2D eigenvalue weighted by molar-refractivity contribution is 0.626. The molecule has 0 amide bonds. The molecule has 0 unspecified atom stereocenters. The number of hydrogen-bond donors (Lipinski definition) is 0. The van der Waals surface area contributed by atoms with Crippen molar-refractivity contribution in [3.8, 4) is 5.69 Å². The lowest BCUT2D eigenvalue weighted by Gasteiger charge is -2.08. The first-order valence-electron chi connectivity index (χ1n) is 7.00. The van der Waals surface area contributed by atoms with Crippen LogP contribution in [0.4, 0.5) is 4.39 Å². The van der Waals surface area contributed by atoms with E-state index in [0.29, 0.717) is 5.75 Å². The second-order valence-corrected chi connectivity index (χ2v) is 6.06. The quantitative estimate of drug-likeness (QED) is 0.672. The number of aromatic nitrogens is 3. The Balaban J connectivity index is 1.84. The zero-order chi connectivity index (χ0) is 15.5. The predicted molar refractivity (Wildman–Crippen MR) is 86.8 cm³/mol. The van der Waals surface area contributed by atoms with Crippen LogP contribution >= 0.6 is 11.8 Å². The van der Waals surface area contributed by atoms with Crippen molar-refractivity contribution in [1.29, 1.82) is 0 Å². The fourth-order valence-electron chi connectivity index (χ4n) is 2.20. The van der Waals surface area contributed by atoms with E-state index >= 15 is 0 Å². The van der Waals surface area contributed by atoms with E-state index in [1.165, 1.54) is 11.6 Å². The van der Waals surface area contributed by atoms with E-state index in [9.17, 15) is 4.39 Å². The highest BCUT2D eigenvalue weighted by Crippen LogP contribution is 2.25. The maximum Gasteiger partial charge on any atom is 0.196 e. The summed E-state index contributed by atoms with van der Waals surface area (Å²) in [5.74, 6) is 1.28. The zero-order valence-electron chi connectivity index (χ0n) is 12.5. The highest BCUT2D eigenvalue weighted by Gasteiger charge is 2.11. The molecule has 0 atom stereocenters. The minimum Gasteiger partial charge on any atom is -0.274 e. The third-order valence-electron chi connectivity index (χ3n) is 3.34. The molecule has 0 saturated carbocycles. The normalized spacial score (nSPS) is 10.9. The highest BCUT2D eigenvalue weighted by molar-refractivity contribution is 7.98. The van der Waals surface area contributed by atoms with Gasteiger partial charge < -0.3 is 0 Å². The van der Waals surface area contributed by atoms with Crippen LogP contribution in [0, 0.1) is 19.7 Å². The van der Waals surface area contributed by atoms with Crippen LogP contribution in [0.15, 0.2) is 53.7 Å².